The fraction of sp³-hybridized carbons (Fsp3) is 0.600. The van der Waals surface area contributed by atoms with Gasteiger partial charge in [0.25, 0.3) is 0 Å². The summed E-state index contributed by atoms with van der Waals surface area (Å²) in [5, 5.41) is 6.17. The lowest BCUT2D eigenvalue weighted by atomic mass is 9.95. The van der Waals surface area contributed by atoms with E-state index in [1.807, 2.05) is 51.8 Å². The molecule has 5 nitrogen and oxygen atoms in total. The van der Waals surface area contributed by atoms with Gasteiger partial charge in [0.05, 0.1) is 13.1 Å². The van der Waals surface area contributed by atoms with Crippen molar-refractivity contribution in [1.82, 2.24) is 15.5 Å². The first kappa shape index (κ1) is 20.2. The van der Waals surface area contributed by atoms with Crippen molar-refractivity contribution in [3.05, 3.63) is 35.6 Å². The summed E-state index contributed by atoms with van der Waals surface area (Å²) in [4.78, 5) is 18.7. The molecule has 0 radical (unpaired) electrons. The van der Waals surface area contributed by atoms with Crippen LogP contribution in [0.1, 0.15) is 46.1 Å². The van der Waals surface area contributed by atoms with E-state index >= 15 is 0 Å². The van der Waals surface area contributed by atoms with E-state index in [4.69, 9.17) is 4.99 Å². The standard InChI is InChI=1S/C20H31FN4O/c1-6-22-18(25(5)13-17(26)24-19(2,3)4)23-14-20(11-12-20)15-9-7-8-10-16(15)21/h7-10H,6,11-14H2,1-5H3,(H,22,23)(H,24,26). The zero-order chi connectivity index (χ0) is 19.4. The van der Waals surface area contributed by atoms with Gasteiger partial charge in [-0.3, -0.25) is 9.79 Å². The molecule has 144 valence electrons. The minimum absolute atomic E-state index is 0.0548. The molecule has 1 saturated carbocycles. The number of carbonyl (C=O) groups is 1. The van der Waals surface area contributed by atoms with E-state index in [0.29, 0.717) is 19.0 Å². The Morgan fingerprint density at radius 1 is 1.31 bits per heavy atom. The number of hydrogen-bond acceptors (Lipinski definition) is 2. The van der Waals surface area contributed by atoms with Crippen molar-refractivity contribution >= 4 is 11.9 Å². The molecular weight excluding hydrogens is 331 g/mol. The number of halogens is 1. The van der Waals surface area contributed by atoms with Crippen LogP contribution < -0.4 is 10.6 Å². The van der Waals surface area contributed by atoms with E-state index in [1.165, 1.54) is 6.07 Å². The predicted molar refractivity (Wildman–Crippen MR) is 104 cm³/mol. The number of carbonyl (C=O) groups excluding carboxylic acids is 1. The van der Waals surface area contributed by atoms with Crippen molar-refractivity contribution in [1.29, 1.82) is 0 Å². The Kier molecular flexibility index (Phi) is 6.26. The second kappa shape index (κ2) is 8.06. The van der Waals surface area contributed by atoms with Crippen molar-refractivity contribution < 1.29 is 9.18 Å². The molecule has 0 aliphatic heterocycles. The number of aliphatic imine (C=N–C) groups is 1. The summed E-state index contributed by atoms with van der Waals surface area (Å²) in [6, 6.07) is 6.94. The van der Waals surface area contributed by atoms with Crippen LogP contribution in [-0.4, -0.2) is 49.0 Å². The van der Waals surface area contributed by atoms with Gasteiger partial charge in [-0.25, -0.2) is 4.39 Å². The first-order valence-electron chi connectivity index (χ1n) is 9.22. The van der Waals surface area contributed by atoms with Gasteiger partial charge in [0.1, 0.15) is 5.82 Å². The van der Waals surface area contributed by atoms with Crippen molar-refractivity contribution in [3.8, 4) is 0 Å². The van der Waals surface area contributed by atoms with Gasteiger partial charge in [-0.1, -0.05) is 18.2 Å². The molecule has 0 bridgehead atoms. The van der Waals surface area contributed by atoms with E-state index < -0.39 is 0 Å². The molecule has 2 N–H and O–H groups in total. The molecule has 1 aromatic carbocycles. The summed E-state index contributed by atoms with van der Waals surface area (Å²) < 4.78 is 14.2. The average Bonchev–Trinajstić information content (AvgIpc) is 3.30. The van der Waals surface area contributed by atoms with Crippen molar-refractivity contribution in [2.45, 2.75) is 51.5 Å². The quantitative estimate of drug-likeness (QED) is 0.604. The SMILES string of the molecule is CCNC(=NCC1(c2ccccc2F)CC1)N(C)CC(=O)NC(C)(C)C. The van der Waals surface area contributed by atoms with E-state index in [9.17, 15) is 9.18 Å². The van der Waals surface area contributed by atoms with Crippen LogP contribution in [0.15, 0.2) is 29.3 Å². The lowest BCUT2D eigenvalue weighted by Crippen LogP contribution is -2.49. The summed E-state index contributed by atoms with van der Waals surface area (Å²) in [7, 11) is 1.84. The van der Waals surface area contributed by atoms with Crippen LogP contribution in [0.25, 0.3) is 0 Å². The third-order valence-corrected chi connectivity index (χ3v) is 4.42. The number of likely N-dealkylation sites (N-methyl/N-ethyl adjacent to an activating group) is 1. The maximum atomic E-state index is 14.2. The topological polar surface area (TPSA) is 56.7 Å². The molecule has 1 aliphatic rings. The fourth-order valence-corrected chi connectivity index (χ4v) is 3.00. The lowest BCUT2D eigenvalue weighted by Gasteiger charge is -2.26. The Balaban J connectivity index is 2.07. The molecule has 6 heteroatoms. The summed E-state index contributed by atoms with van der Waals surface area (Å²) in [5.41, 5.74) is 0.268. The number of benzene rings is 1. The maximum absolute atomic E-state index is 14.2. The highest BCUT2D eigenvalue weighted by Crippen LogP contribution is 2.49. The predicted octanol–water partition coefficient (Wildman–Crippen LogP) is 2.67. The summed E-state index contributed by atoms with van der Waals surface area (Å²) in [6.07, 6.45) is 1.87. The highest BCUT2D eigenvalue weighted by atomic mass is 19.1. The Morgan fingerprint density at radius 3 is 2.50 bits per heavy atom. The number of nitrogens with zero attached hydrogens (tertiary/aromatic N) is 2. The highest BCUT2D eigenvalue weighted by molar-refractivity contribution is 5.86. The lowest BCUT2D eigenvalue weighted by molar-refractivity contribution is -0.122. The number of amides is 1. The van der Waals surface area contributed by atoms with Crippen LogP contribution in [0.3, 0.4) is 0 Å². The summed E-state index contributed by atoms with van der Waals surface area (Å²) in [6.45, 7) is 9.29. The van der Waals surface area contributed by atoms with Crippen LogP contribution in [-0.2, 0) is 10.2 Å². The normalized spacial score (nSPS) is 16.2. The maximum Gasteiger partial charge on any atom is 0.240 e. The molecule has 0 spiro atoms. The monoisotopic (exact) mass is 362 g/mol. The minimum atomic E-state index is -0.268. The minimum Gasteiger partial charge on any atom is -0.357 e. The molecule has 1 aromatic rings. The van der Waals surface area contributed by atoms with Crippen molar-refractivity contribution in [3.63, 3.8) is 0 Å². The highest BCUT2D eigenvalue weighted by Gasteiger charge is 2.45. The first-order chi connectivity index (χ1) is 12.2. The zero-order valence-electron chi connectivity index (χ0n) is 16.5. The Bertz CT molecular complexity index is 662. The molecule has 1 fully saturated rings. The van der Waals surface area contributed by atoms with Crippen LogP contribution >= 0.6 is 0 Å². The number of nitrogens with one attached hydrogen (secondary N) is 2. The molecule has 0 atom stereocenters. The average molecular weight is 362 g/mol. The fourth-order valence-electron chi connectivity index (χ4n) is 3.00. The molecule has 0 aromatic heterocycles. The molecule has 0 unspecified atom stereocenters. The molecule has 0 saturated heterocycles. The largest absolute Gasteiger partial charge is 0.357 e. The number of hydrogen-bond donors (Lipinski definition) is 2. The van der Waals surface area contributed by atoms with Gasteiger partial charge in [-0.15, -0.1) is 0 Å². The van der Waals surface area contributed by atoms with E-state index in [0.717, 1.165) is 18.4 Å². The summed E-state index contributed by atoms with van der Waals surface area (Å²) >= 11 is 0. The van der Waals surface area contributed by atoms with Gasteiger partial charge in [-0.05, 0) is 52.2 Å². The van der Waals surface area contributed by atoms with Crippen molar-refractivity contribution in [2.24, 2.45) is 4.99 Å². The number of guanidine groups is 1. The molecule has 1 amide bonds. The Morgan fingerprint density at radius 2 is 1.96 bits per heavy atom. The first-order valence-corrected chi connectivity index (χ1v) is 9.22. The molecule has 1 aliphatic carbocycles. The van der Waals surface area contributed by atoms with Gasteiger partial charge >= 0.3 is 0 Å². The van der Waals surface area contributed by atoms with E-state index in [2.05, 4.69) is 10.6 Å². The van der Waals surface area contributed by atoms with Crippen LogP contribution in [0.2, 0.25) is 0 Å². The Hall–Kier alpha value is -2.11. The van der Waals surface area contributed by atoms with Crippen LogP contribution in [0, 0.1) is 5.82 Å². The second-order valence-electron chi connectivity index (χ2n) is 8.08. The van der Waals surface area contributed by atoms with Gasteiger partial charge < -0.3 is 15.5 Å². The van der Waals surface area contributed by atoms with Gasteiger partial charge in [-0.2, -0.15) is 0 Å². The molecular formula is C20H31FN4O. The second-order valence-corrected chi connectivity index (χ2v) is 8.08. The third kappa shape index (κ3) is 5.44. The van der Waals surface area contributed by atoms with Gasteiger partial charge in [0.2, 0.25) is 5.91 Å². The Labute approximate surface area is 156 Å². The zero-order valence-corrected chi connectivity index (χ0v) is 16.5. The van der Waals surface area contributed by atoms with Crippen LogP contribution in [0.5, 0.6) is 0 Å². The van der Waals surface area contributed by atoms with E-state index in [1.54, 1.807) is 6.07 Å². The molecule has 0 heterocycles. The van der Waals surface area contributed by atoms with E-state index in [-0.39, 0.29) is 29.2 Å². The number of rotatable bonds is 6. The van der Waals surface area contributed by atoms with Gasteiger partial charge in [0.15, 0.2) is 5.96 Å². The third-order valence-electron chi connectivity index (χ3n) is 4.42. The molecule has 26 heavy (non-hydrogen) atoms. The summed E-state index contributed by atoms with van der Waals surface area (Å²) in [5.74, 6) is 0.447. The van der Waals surface area contributed by atoms with Gasteiger partial charge in [0, 0.05) is 24.5 Å². The van der Waals surface area contributed by atoms with Crippen LogP contribution in [0.4, 0.5) is 4.39 Å². The van der Waals surface area contributed by atoms with Crippen molar-refractivity contribution in [2.75, 3.05) is 26.7 Å². The smallest absolute Gasteiger partial charge is 0.240 e. The molecule has 2 rings (SSSR count).